The van der Waals surface area contributed by atoms with Gasteiger partial charge in [0.05, 0.1) is 5.69 Å². The summed E-state index contributed by atoms with van der Waals surface area (Å²) >= 11 is 0. The van der Waals surface area contributed by atoms with Gasteiger partial charge in [0.15, 0.2) is 5.82 Å². The molecule has 0 bridgehead atoms. The van der Waals surface area contributed by atoms with Crippen molar-refractivity contribution in [1.82, 2.24) is 25.3 Å². The summed E-state index contributed by atoms with van der Waals surface area (Å²) in [4.78, 5) is 16.3. The van der Waals surface area contributed by atoms with Gasteiger partial charge in [0.25, 0.3) is 0 Å². The smallest absolute Gasteiger partial charge is 0.157 e. The first-order chi connectivity index (χ1) is 8.45. The van der Waals surface area contributed by atoms with Crippen molar-refractivity contribution < 1.29 is 0 Å². The van der Waals surface area contributed by atoms with Crippen molar-refractivity contribution in [2.24, 2.45) is 0 Å². The largest absolute Gasteiger partial charge is 0.343 e. The van der Waals surface area contributed by atoms with E-state index in [0.29, 0.717) is 5.92 Å². The maximum absolute atomic E-state index is 4.51. The summed E-state index contributed by atoms with van der Waals surface area (Å²) in [5.41, 5.74) is 1.97. The fraction of sp³-hybridized carbons (Fsp3) is 0.417. The average molecular weight is 229 g/mol. The Bertz CT molecular complexity index is 473. The third-order valence-corrected chi connectivity index (χ3v) is 3.17. The highest BCUT2D eigenvalue weighted by Gasteiger charge is 2.21. The molecule has 0 amide bonds. The normalized spacial score (nSPS) is 17.2. The molecule has 0 unspecified atom stereocenters. The molecular formula is C12H15N5. The summed E-state index contributed by atoms with van der Waals surface area (Å²) in [7, 11) is 0. The van der Waals surface area contributed by atoms with Crippen LogP contribution in [0.25, 0.3) is 11.5 Å². The van der Waals surface area contributed by atoms with Crippen LogP contribution in [0.1, 0.15) is 24.5 Å². The lowest BCUT2D eigenvalue weighted by Crippen LogP contribution is -2.27. The SMILES string of the molecule is c1c[nH]c(-c2nccnc2C2CCNCC2)n1. The minimum absolute atomic E-state index is 0.491. The molecule has 1 aliphatic heterocycles. The van der Waals surface area contributed by atoms with E-state index in [-0.39, 0.29) is 0 Å². The summed E-state index contributed by atoms with van der Waals surface area (Å²) in [5.74, 6) is 1.30. The molecule has 5 nitrogen and oxygen atoms in total. The van der Waals surface area contributed by atoms with E-state index < -0.39 is 0 Å². The molecule has 17 heavy (non-hydrogen) atoms. The third-order valence-electron chi connectivity index (χ3n) is 3.17. The van der Waals surface area contributed by atoms with Gasteiger partial charge in [-0.15, -0.1) is 0 Å². The zero-order valence-corrected chi connectivity index (χ0v) is 9.56. The topological polar surface area (TPSA) is 66.5 Å². The zero-order valence-electron chi connectivity index (χ0n) is 9.56. The number of piperidine rings is 1. The predicted octanol–water partition coefficient (Wildman–Crippen LogP) is 1.33. The molecule has 88 valence electrons. The minimum atomic E-state index is 0.491. The second-order valence-corrected chi connectivity index (χ2v) is 4.25. The molecule has 1 aliphatic rings. The van der Waals surface area contributed by atoms with Gasteiger partial charge in [-0.05, 0) is 25.9 Å². The van der Waals surface area contributed by atoms with Crippen LogP contribution < -0.4 is 5.32 Å². The monoisotopic (exact) mass is 229 g/mol. The van der Waals surface area contributed by atoms with Crippen LogP contribution in [0, 0.1) is 0 Å². The summed E-state index contributed by atoms with van der Waals surface area (Å²) in [5, 5.41) is 3.37. The summed E-state index contributed by atoms with van der Waals surface area (Å²) in [6.07, 6.45) is 9.29. The molecule has 3 heterocycles. The number of rotatable bonds is 2. The second-order valence-electron chi connectivity index (χ2n) is 4.25. The molecule has 5 heteroatoms. The van der Waals surface area contributed by atoms with Gasteiger partial charge in [-0.2, -0.15) is 0 Å². The number of aromatic amines is 1. The van der Waals surface area contributed by atoms with E-state index in [1.54, 1.807) is 18.6 Å². The first-order valence-electron chi connectivity index (χ1n) is 5.96. The van der Waals surface area contributed by atoms with E-state index in [4.69, 9.17) is 0 Å². The lowest BCUT2D eigenvalue weighted by molar-refractivity contribution is 0.453. The fourth-order valence-corrected chi connectivity index (χ4v) is 2.32. The van der Waals surface area contributed by atoms with Gasteiger partial charge in [-0.1, -0.05) is 0 Å². The number of nitrogens with one attached hydrogen (secondary N) is 2. The van der Waals surface area contributed by atoms with Gasteiger partial charge >= 0.3 is 0 Å². The van der Waals surface area contributed by atoms with E-state index >= 15 is 0 Å². The molecule has 0 radical (unpaired) electrons. The van der Waals surface area contributed by atoms with E-state index in [2.05, 4.69) is 25.3 Å². The summed E-state index contributed by atoms with van der Waals surface area (Å²) in [6.45, 7) is 2.11. The van der Waals surface area contributed by atoms with Crippen molar-refractivity contribution in [3.8, 4) is 11.5 Å². The average Bonchev–Trinajstić information content (AvgIpc) is 2.94. The first-order valence-corrected chi connectivity index (χ1v) is 5.96. The minimum Gasteiger partial charge on any atom is -0.343 e. The molecule has 1 fully saturated rings. The second kappa shape index (κ2) is 4.63. The van der Waals surface area contributed by atoms with Crippen molar-refractivity contribution in [3.63, 3.8) is 0 Å². The molecule has 0 aromatic carbocycles. The van der Waals surface area contributed by atoms with Crippen LogP contribution in [-0.2, 0) is 0 Å². The number of hydrogen-bond acceptors (Lipinski definition) is 4. The molecule has 3 rings (SSSR count). The van der Waals surface area contributed by atoms with Crippen LogP contribution in [0.2, 0.25) is 0 Å². The Morgan fingerprint density at radius 1 is 1.00 bits per heavy atom. The molecule has 0 atom stereocenters. The molecule has 2 aromatic rings. The lowest BCUT2D eigenvalue weighted by Gasteiger charge is -2.22. The van der Waals surface area contributed by atoms with Crippen LogP contribution in [0.3, 0.4) is 0 Å². The summed E-state index contributed by atoms with van der Waals surface area (Å²) < 4.78 is 0. The van der Waals surface area contributed by atoms with Crippen LogP contribution in [0.4, 0.5) is 0 Å². The van der Waals surface area contributed by atoms with E-state index in [0.717, 1.165) is 43.1 Å². The molecule has 0 aliphatic carbocycles. The van der Waals surface area contributed by atoms with Gasteiger partial charge in [-0.3, -0.25) is 4.98 Å². The number of aromatic nitrogens is 4. The van der Waals surface area contributed by atoms with Gasteiger partial charge in [-0.25, -0.2) is 9.97 Å². The van der Waals surface area contributed by atoms with E-state index in [1.165, 1.54) is 0 Å². The Morgan fingerprint density at radius 2 is 1.82 bits per heavy atom. The molecule has 2 aromatic heterocycles. The van der Waals surface area contributed by atoms with Crippen LogP contribution in [0.15, 0.2) is 24.8 Å². The molecular weight excluding hydrogens is 214 g/mol. The van der Waals surface area contributed by atoms with E-state index in [9.17, 15) is 0 Å². The fourth-order valence-electron chi connectivity index (χ4n) is 2.32. The Kier molecular flexibility index (Phi) is 2.83. The first kappa shape index (κ1) is 10.4. The van der Waals surface area contributed by atoms with Crippen LogP contribution >= 0.6 is 0 Å². The highest BCUT2D eigenvalue weighted by atomic mass is 14.9. The quantitative estimate of drug-likeness (QED) is 0.815. The lowest BCUT2D eigenvalue weighted by atomic mass is 9.93. The molecule has 0 spiro atoms. The highest BCUT2D eigenvalue weighted by Crippen LogP contribution is 2.29. The Labute approximate surface area is 99.7 Å². The van der Waals surface area contributed by atoms with Gasteiger partial charge < -0.3 is 10.3 Å². The van der Waals surface area contributed by atoms with Crippen molar-refractivity contribution in [3.05, 3.63) is 30.5 Å². The van der Waals surface area contributed by atoms with Crippen LogP contribution in [-0.4, -0.2) is 33.0 Å². The Hall–Kier alpha value is -1.75. The van der Waals surface area contributed by atoms with Crippen molar-refractivity contribution in [2.45, 2.75) is 18.8 Å². The van der Waals surface area contributed by atoms with Crippen LogP contribution in [0.5, 0.6) is 0 Å². The number of H-pyrrole nitrogens is 1. The number of nitrogens with zero attached hydrogens (tertiary/aromatic N) is 3. The van der Waals surface area contributed by atoms with Crippen molar-refractivity contribution >= 4 is 0 Å². The number of hydrogen-bond donors (Lipinski definition) is 2. The van der Waals surface area contributed by atoms with Gasteiger partial charge in [0, 0.05) is 30.7 Å². The van der Waals surface area contributed by atoms with Gasteiger partial charge in [0.2, 0.25) is 0 Å². The predicted molar refractivity (Wildman–Crippen MR) is 64.5 cm³/mol. The Balaban J connectivity index is 1.98. The number of imidazole rings is 1. The van der Waals surface area contributed by atoms with Crippen molar-refractivity contribution in [1.29, 1.82) is 0 Å². The zero-order chi connectivity index (χ0) is 11.5. The van der Waals surface area contributed by atoms with Gasteiger partial charge in [0.1, 0.15) is 5.69 Å². The third kappa shape index (κ3) is 2.06. The molecule has 2 N–H and O–H groups in total. The van der Waals surface area contributed by atoms with Crippen molar-refractivity contribution in [2.75, 3.05) is 13.1 Å². The molecule has 1 saturated heterocycles. The van der Waals surface area contributed by atoms with E-state index in [1.807, 2.05) is 6.20 Å². The maximum Gasteiger partial charge on any atom is 0.157 e. The summed E-state index contributed by atoms with van der Waals surface area (Å²) in [6, 6.07) is 0. The molecule has 0 saturated carbocycles. The highest BCUT2D eigenvalue weighted by molar-refractivity contribution is 5.53. The standard InChI is InChI=1S/C12H15N5/c1-3-13-4-2-9(1)10-11(15-6-5-14-10)12-16-7-8-17-12/h5-9,13H,1-4H2,(H,16,17). The Morgan fingerprint density at radius 3 is 2.59 bits per heavy atom. The maximum atomic E-state index is 4.51.